The Morgan fingerprint density at radius 2 is 1.80 bits per heavy atom. The quantitative estimate of drug-likeness (QED) is 0.864. The van der Waals surface area contributed by atoms with Gasteiger partial charge in [-0.25, -0.2) is 8.78 Å². The van der Waals surface area contributed by atoms with Gasteiger partial charge in [-0.3, -0.25) is 0 Å². The van der Waals surface area contributed by atoms with Gasteiger partial charge < -0.3 is 10.5 Å². The summed E-state index contributed by atoms with van der Waals surface area (Å²) in [6.07, 6.45) is 0. The first-order chi connectivity index (χ1) is 9.52. The van der Waals surface area contributed by atoms with E-state index >= 15 is 0 Å². The van der Waals surface area contributed by atoms with E-state index in [1.807, 2.05) is 6.92 Å². The van der Waals surface area contributed by atoms with Gasteiger partial charge in [0, 0.05) is 5.56 Å². The SMILES string of the molecule is CCOc1ccc(C(N)c2cc(F)c(Cl)cc2F)cc1. The second-order valence-corrected chi connectivity index (χ2v) is 4.67. The maximum absolute atomic E-state index is 13.8. The zero-order valence-corrected chi connectivity index (χ0v) is 11.6. The van der Waals surface area contributed by atoms with Gasteiger partial charge in [-0.15, -0.1) is 0 Å². The largest absolute Gasteiger partial charge is 0.494 e. The van der Waals surface area contributed by atoms with Crippen molar-refractivity contribution < 1.29 is 13.5 Å². The summed E-state index contributed by atoms with van der Waals surface area (Å²) in [5.41, 5.74) is 6.70. The third-order valence-corrected chi connectivity index (χ3v) is 3.21. The summed E-state index contributed by atoms with van der Waals surface area (Å²) in [6.45, 7) is 2.44. The van der Waals surface area contributed by atoms with Crippen LogP contribution in [0.4, 0.5) is 8.78 Å². The monoisotopic (exact) mass is 297 g/mol. The van der Waals surface area contributed by atoms with Crippen LogP contribution in [-0.4, -0.2) is 6.61 Å². The fourth-order valence-corrected chi connectivity index (χ4v) is 2.04. The molecule has 0 amide bonds. The van der Waals surface area contributed by atoms with Gasteiger partial charge >= 0.3 is 0 Å². The lowest BCUT2D eigenvalue weighted by Crippen LogP contribution is -2.14. The molecule has 2 rings (SSSR count). The Bertz CT molecular complexity index is 602. The Morgan fingerprint density at radius 1 is 1.15 bits per heavy atom. The molecule has 0 radical (unpaired) electrons. The molecule has 1 unspecified atom stereocenters. The van der Waals surface area contributed by atoms with Gasteiger partial charge in [-0.05, 0) is 36.8 Å². The molecule has 2 aromatic rings. The molecule has 0 heterocycles. The molecule has 106 valence electrons. The summed E-state index contributed by atoms with van der Waals surface area (Å²) < 4.78 is 32.5. The van der Waals surface area contributed by atoms with Crippen LogP contribution in [0, 0.1) is 11.6 Å². The van der Waals surface area contributed by atoms with E-state index in [-0.39, 0.29) is 10.6 Å². The third kappa shape index (κ3) is 3.08. The van der Waals surface area contributed by atoms with Crippen LogP contribution in [0.15, 0.2) is 36.4 Å². The number of hydrogen-bond acceptors (Lipinski definition) is 2. The summed E-state index contributed by atoms with van der Waals surface area (Å²) >= 11 is 5.52. The molecule has 2 aromatic carbocycles. The van der Waals surface area contributed by atoms with Crippen molar-refractivity contribution in [2.75, 3.05) is 6.61 Å². The lowest BCUT2D eigenvalue weighted by Gasteiger charge is -2.14. The van der Waals surface area contributed by atoms with Gasteiger partial charge in [0.05, 0.1) is 17.7 Å². The highest BCUT2D eigenvalue weighted by Gasteiger charge is 2.16. The Hall–Kier alpha value is -1.65. The van der Waals surface area contributed by atoms with Crippen LogP contribution >= 0.6 is 11.6 Å². The van der Waals surface area contributed by atoms with Crippen molar-refractivity contribution in [3.05, 3.63) is 64.2 Å². The molecule has 1 atom stereocenters. The van der Waals surface area contributed by atoms with Crippen LogP contribution in [0.25, 0.3) is 0 Å². The van der Waals surface area contributed by atoms with Crippen LogP contribution < -0.4 is 10.5 Å². The molecule has 0 saturated heterocycles. The minimum atomic E-state index is -0.766. The number of halogens is 3. The van der Waals surface area contributed by atoms with Gasteiger partial charge in [-0.2, -0.15) is 0 Å². The van der Waals surface area contributed by atoms with Gasteiger partial charge in [0.25, 0.3) is 0 Å². The standard InChI is InChI=1S/C15H14ClF2NO/c1-2-20-10-5-3-9(4-6-10)15(19)11-7-14(18)12(16)8-13(11)17/h3-8,15H,2,19H2,1H3. The van der Waals surface area contributed by atoms with E-state index in [2.05, 4.69) is 0 Å². The maximum atomic E-state index is 13.8. The van der Waals surface area contributed by atoms with Crippen LogP contribution in [0.2, 0.25) is 5.02 Å². The first-order valence-corrected chi connectivity index (χ1v) is 6.53. The highest BCUT2D eigenvalue weighted by atomic mass is 35.5. The molecule has 0 aromatic heterocycles. The van der Waals surface area contributed by atoms with E-state index in [0.717, 1.165) is 12.1 Å². The fraction of sp³-hybridized carbons (Fsp3) is 0.200. The first kappa shape index (κ1) is 14.8. The van der Waals surface area contributed by atoms with Crippen molar-refractivity contribution in [1.29, 1.82) is 0 Å². The lowest BCUT2D eigenvalue weighted by atomic mass is 9.99. The minimum Gasteiger partial charge on any atom is -0.494 e. The predicted molar refractivity (Wildman–Crippen MR) is 75.0 cm³/mol. The summed E-state index contributed by atoms with van der Waals surface area (Å²) in [5.74, 6) is -0.617. The Labute approximate surface area is 121 Å². The number of hydrogen-bond donors (Lipinski definition) is 1. The molecule has 0 aliphatic rings. The molecule has 0 spiro atoms. The van der Waals surface area contributed by atoms with Gasteiger partial charge in [-0.1, -0.05) is 23.7 Å². The summed E-state index contributed by atoms with van der Waals surface area (Å²) in [6, 6.07) is 8.12. The van der Waals surface area contributed by atoms with Crippen LogP contribution in [0.3, 0.4) is 0 Å². The topological polar surface area (TPSA) is 35.2 Å². The molecule has 2 N–H and O–H groups in total. The Morgan fingerprint density at radius 3 is 2.40 bits per heavy atom. The van der Waals surface area contributed by atoms with Crippen LogP contribution in [0.5, 0.6) is 5.75 Å². The molecule has 2 nitrogen and oxygen atoms in total. The maximum Gasteiger partial charge on any atom is 0.142 e. The highest BCUT2D eigenvalue weighted by molar-refractivity contribution is 6.30. The van der Waals surface area contributed by atoms with Crippen LogP contribution in [0.1, 0.15) is 24.1 Å². The molecule has 0 aliphatic carbocycles. The van der Waals surface area contributed by atoms with E-state index in [1.54, 1.807) is 24.3 Å². The van der Waals surface area contributed by atoms with E-state index in [1.165, 1.54) is 0 Å². The molecule has 0 saturated carbocycles. The normalized spacial score (nSPS) is 12.2. The van der Waals surface area contributed by atoms with Gasteiger partial charge in [0.15, 0.2) is 0 Å². The number of ether oxygens (including phenoxy) is 1. The van der Waals surface area contributed by atoms with Crippen molar-refractivity contribution in [2.45, 2.75) is 13.0 Å². The molecular weight excluding hydrogens is 284 g/mol. The zero-order valence-electron chi connectivity index (χ0n) is 10.9. The number of rotatable bonds is 4. The minimum absolute atomic E-state index is 0.0658. The van der Waals surface area contributed by atoms with Crippen molar-refractivity contribution >= 4 is 11.6 Å². The Kier molecular flexibility index (Phi) is 4.57. The third-order valence-electron chi connectivity index (χ3n) is 2.92. The number of nitrogens with two attached hydrogens (primary N) is 1. The van der Waals surface area contributed by atoms with E-state index in [0.29, 0.717) is 17.9 Å². The first-order valence-electron chi connectivity index (χ1n) is 6.15. The van der Waals surface area contributed by atoms with Crippen molar-refractivity contribution in [1.82, 2.24) is 0 Å². The molecule has 0 bridgehead atoms. The van der Waals surface area contributed by atoms with E-state index in [9.17, 15) is 8.78 Å². The van der Waals surface area contributed by atoms with Crippen LogP contribution in [-0.2, 0) is 0 Å². The van der Waals surface area contributed by atoms with Crippen molar-refractivity contribution in [3.8, 4) is 5.75 Å². The van der Waals surface area contributed by atoms with Gasteiger partial charge in [0.1, 0.15) is 17.4 Å². The predicted octanol–water partition coefficient (Wildman–Crippen LogP) is 4.07. The van der Waals surface area contributed by atoms with E-state index < -0.39 is 17.7 Å². The van der Waals surface area contributed by atoms with Crippen molar-refractivity contribution in [3.63, 3.8) is 0 Å². The molecule has 0 aliphatic heterocycles. The lowest BCUT2D eigenvalue weighted by molar-refractivity contribution is 0.340. The Balaban J connectivity index is 2.31. The fourth-order valence-electron chi connectivity index (χ4n) is 1.89. The molecule has 0 fully saturated rings. The summed E-state index contributed by atoms with van der Waals surface area (Å²) in [5, 5.41) is -0.259. The number of benzene rings is 2. The average molecular weight is 298 g/mol. The summed E-state index contributed by atoms with van der Waals surface area (Å²) in [4.78, 5) is 0. The summed E-state index contributed by atoms with van der Waals surface area (Å²) in [7, 11) is 0. The average Bonchev–Trinajstić information content (AvgIpc) is 2.43. The molecule has 5 heteroatoms. The second-order valence-electron chi connectivity index (χ2n) is 4.27. The second kappa shape index (κ2) is 6.20. The smallest absolute Gasteiger partial charge is 0.142 e. The highest BCUT2D eigenvalue weighted by Crippen LogP contribution is 2.27. The zero-order chi connectivity index (χ0) is 14.7. The molecule has 20 heavy (non-hydrogen) atoms. The van der Waals surface area contributed by atoms with Gasteiger partial charge in [0.2, 0.25) is 0 Å². The van der Waals surface area contributed by atoms with Crippen molar-refractivity contribution in [2.24, 2.45) is 5.73 Å². The molecular formula is C15H14ClF2NO. The van der Waals surface area contributed by atoms with E-state index in [4.69, 9.17) is 22.1 Å².